The Balaban J connectivity index is 1.95. The number of anilines is 1. The number of hydrogen-bond donors (Lipinski definition) is 1. The zero-order valence-corrected chi connectivity index (χ0v) is 12.8. The van der Waals surface area contributed by atoms with Gasteiger partial charge in [0.1, 0.15) is 15.9 Å². The number of halogens is 1. The Bertz CT molecular complexity index is 594. The lowest BCUT2D eigenvalue weighted by molar-refractivity contribution is 0.484. The molecule has 0 saturated carbocycles. The van der Waals surface area contributed by atoms with E-state index in [1.807, 2.05) is 12.1 Å². The van der Waals surface area contributed by atoms with Crippen LogP contribution in [0.4, 0.5) is 5.69 Å². The van der Waals surface area contributed by atoms with Gasteiger partial charge >= 0.3 is 0 Å². The first kappa shape index (κ1) is 14.4. The summed E-state index contributed by atoms with van der Waals surface area (Å²) in [5, 5.41) is 12.3. The fourth-order valence-corrected chi connectivity index (χ4v) is 4.11. The third-order valence-corrected chi connectivity index (χ3v) is 5.57. The first-order chi connectivity index (χ1) is 9.00. The molecule has 1 aliphatic rings. The standard InChI is InChI=1S/C13H15BrN2O2S/c14-12-1-2-13(11(7-12)8-15)16-9-10-3-5-19(17,18)6-4-10/h1-2,7,10,16H,3-6,9H2. The third-order valence-electron chi connectivity index (χ3n) is 3.36. The molecule has 0 amide bonds. The lowest BCUT2D eigenvalue weighted by Crippen LogP contribution is -2.27. The molecule has 1 aromatic rings. The number of rotatable bonds is 3. The van der Waals surface area contributed by atoms with E-state index in [9.17, 15) is 8.42 Å². The highest BCUT2D eigenvalue weighted by molar-refractivity contribution is 9.10. The minimum Gasteiger partial charge on any atom is -0.384 e. The van der Waals surface area contributed by atoms with Gasteiger partial charge in [0.05, 0.1) is 22.8 Å². The van der Waals surface area contributed by atoms with Crippen molar-refractivity contribution < 1.29 is 8.42 Å². The minimum atomic E-state index is -2.80. The number of nitrogens with zero attached hydrogens (tertiary/aromatic N) is 1. The molecule has 6 heteroatoms. The van der Waals surface area contributed by atoms with Crippen LogP contribution in [0.1, 0.15) is 18.4 Å². The molecule has 102 valence electrons. The van der Waals surface area contributed by atoms with Gasteiger partial charge in [-0.15, -0.1) is 0 Å². The zero-order valence-electron chi connectivity index (χ0n) is 10.4. The van der Waals surface area contributed by atoms with E-state index >= 15 is 0 Å². The van der Waals surface area contributed by atoms with Crippen molar-refractivity contribution in [1.29, 1.82) is 5.26 Å². The fraction of sp³-hybridized carbons (Fsp3) is 0.462. The summed E-state index contributed by atoms with van der Waals surface area (Å²) in [5.41, 5.74) is 1.40. The number of sulfone groups is 1. The van der Waals surface area contributed by atoms with Crippen LogP contribution in [0.5, 0.6) is 0 Å². The van der Waals surface area contributed by atoms with Gasteiger partial charge in [-0.3, -0.25) is 0 Å². The molecule has 1 aromatic carbocycles. The summed E-state index contributed by atoms with van der Waals surface area (Å²) in [6.45, 7) is 0.714. The van der Waals surface area contributed by atoms with Gasteiger partial charge in [0.2, 0.25) is 0 Å². The van der Waals surface area contributed by atoms with E-state index < -0.39 is 9.84 Å². The van der Waals surface area contributed by atoms with Gasteiger partial charge in [-0.05, 0) is 37.0 Å². The van der Waals surface area contributed by atoms with Gasteiger partial charge in [0.15, 0.2) is 0 Å². The smallest absolute Gasteiger partial charge is 0.150 e. The average molecular weight is 343 g/mol. The fourth-order valence-electron chi connectivity index (χ4n) is 2.16. The molecule has 4 nitrogen and oxygen atoms in total. The predicted octanol–water partition coefficient (Wildman–Crippen LogP) is 2.56. The highest BCUT2D eigenvalue weighted by Gasteiger charge is 2.23. The molecule has 1 N–H and O–H groups in total. The number of benzene rings is 1. The summed E-state index contributed by atoms with van der Waals surface area (Å²) in [4.78, 5) is 0. The Morgan fingerprint density at radius 2 is 2.05 bits per heavy atom. The summed E-state index contributed by atoms with van der Waals surface area (Å²) >= 11 is 3.33. The molecule has 1 heterocycles. The molecule has 2 rings (SSSR count). The first-order valence-corrected chi connectivity index (χ1v) is 8.75. The topological polar surface area (TPSA) is 70.0 Å². The molecule has 1 aliphatic heterocycles. The van der Waals surface area contributed by atoms with Gasteiger partial charge < -0.3 is 5.32 Å². The van der Waals surface area contributed by atoms with E-state index in [1.54, 1.807) is 6.07 Å². The van der Waals surface area contributed by atoms with Crippen LogP contribution in [0.25, 0.3) is 0 Å². The first-order valence-electron chi connectivity index (χ1n) is 6.14. The zero-order chi connectivity index (χ0) is 13.9. The Morgan fingerprint density at radius 3 is 2.68 bits per heavy atom. The van der Waals surface area contributed by atoms with Crippen molar-refractivity contribution in [1.82, 2.24) is 0 Å². The highest BCUT2D eigenvalue weighted by Crippen LogP contribution is 2.23. The SMILES string of the molecule is N#Cc1cc(Br)ccc1NCC1CCS(=O)(=O)CC1. The molecule has 0 radical (unpaired) electrons. The second-order valence-electron chi connectivity index (χ2n) is 4.78. The highest BCUT2D eigenvalue weighted by atomic mass is 79.9. The van der Waals surface area contributed by atoms with Crippen molar-refractivity contribution in [3.05, 3.63) is 28.2 Å². The molecular weight excluding hydrogens is 328 g/mol. The third kappa shape index (κ3) is 3.95. The van der Waals surface area contributed by atoms with E-state index in [-0.39, 0.29) is 11.5 Å². The van der Waals surface area contributed by atoms with Gasteiger partial charge in [-0.2, -0.15) is 5.26 Å². The second-order valence-corrected chi connectivity index (χ2v) is 8.00. The van der Waals surface area contributed by atoms with Crippen LogP contribution < -0.4 is 5.32 Å². The molecule has 1 saturated heterocycles. The summed E-state index contributed by atoms with van der Waals surface area (Å²) in [5.74, 6) is 0.925. The predicted molar refractivity (Wildman–Crippen MR) is 78.7 cm³/mol. The summed E-state index contributed by atoms with van der Waals surface area (Å²) < 4.78 is 23.6. The Labute approximate surface area is 121 Å². The quantitative estimate of drug-likeness (QED) is 0.916. The maximum atomic E-state index is 11.3. The van der Waals surface area contributed by atoms with E-state index in [4.69, 9.17) is 5.26 Å². The molecule has 1 fully saturated rings. The van der Waals surface area contributed by atoms with Crippen LogP contribution in [-0.2, 0) is 9.84 Å². The maximum absolute atomic E-state index is 11.3. The van der Waals surface area contributed by atoms with Crippen LogP contribution in [0, 0.1) is 17.2 Å². The van der Waals surface area contributed by atoms with E-state index in [1.165, 1.54) is 0 Å². The van der Waals surface area contributed by atoms with Crippen LogP contribution in [0.3, 0.4) is 0 Å². The second kappa shape index (κ2) is 5.93. The van der Waals surface area contributed by atoms with Crippen LogP contribution in [-0.4, -0.2) is 26.5 Å². The molecule has 0 bridgehead atoms. The average Bonchev–Trinajstić information content (AvgIpc) is 2.38. The van der Waals surface area contributed by atoms with Gasteiger partial charge in [-0.25, -0.2) is 8.42 Å². The normalized spacial score (nSPS) is 18.7. The monoisotopic (exact) mass is 342 g/mol. The molecule has 0 unspecified atom stereocenters. The Hall–Kier alpha value is -1.06. The summed E-state index contributed by atoms with van der Waals surface area (Å²) in [7, 11) is -2.80. The molecule has 0 aromatic heterocycles. The molecular formula is C13H15BrN2O2S. The van der Waals surface area contributed by atoms with E-state index in [0.29, 0.717) is 30.9 Å². The minimum absolute atomic E-state index is 0.283. The van der Waals surface area contributed by atoms with Crippen LogP contribution in [0.15, 0.2) is 22.7 Å². The largest absolute Gasteiger partial charge is 0.384 e. The molecule has 0 spiro atoms. The number of nitrogens with one attached hydrogen (secondary N) is 1. The Morgan fingerprint density at radius 1 is 1.37 bits per heavy atom. The van der Waals surface area contributed by atoms with Crippen molar-refractivity contribution in [2.45, 2.75) is 12.8 Å². The van der Waals surface area contributed by atoms with Gasteiger partial charge in [-0.1, -0.05) is 15.9 Å². The van der Waals surface area contributed by atoms with Crippen molar-refractivity contribution in [2.24, 2.45) is 5.92 Å². The van der Waals surface area contributed by atoms with Crippen LogP contribution in [0.2, 0.25) is 0 Å². The summed E-state index contributed by atoms with van der Waals surface area (Å²) in [6, 6.07) is 7.67. The van der Waals surface area contributed by atoms with Crippen molar-refractivity contribution in [2.75, 3.05) is 23.4 Å². The molecule has 0 aliphatic carbocycles. The number of hydrogen-bond acceptors (Lipinski definition) is 4. The van der Waals surface area contributed by atoms with Gasteiger partial charge in [0, 0.05) is 11.0 Å². The van der Waals surface area contributed by atoms with Crippen LogP contribution >= 0.6 is 15.9 Å². The Kier molecular flexibility index (Phi) is 4.48. The molecule has 19 heavy (non-hydrogen) atoms. The number of nitriles is 1. The lowest BCUT2D eigenvalue weighted by atomic mass is 10.0. The van der Waals surface area contributed by atoms with Gasteiger partial charge in [0.25, 0.3) is 0 Å². The van der Waals surface area contributed by atoms with Crippen molar-refractivity contribution in [3.63, 3.8) is 0 Å². The lowest BCUT2D eigenvalue weighted by Gasteiger charge is -2.22. The van der Waals surface area contributed by atoms with E-state index in [0.717, 1.165) is 10.2 Å². The summed E-state index contributed by atoms with van der Waals surface area (Å²) in [6.07, 6.45) is 1.40. The maximum Gasteiger partial charge on any atom is 0.150 e. The molecule has 0 atom stereocenters. The van der Waals surface area contributed by atoms with Crippen molar-refractivity contribution in [3.8, 4) is 6.07 Å². The van der Waals surface area contributed by atoms with E-state index in [2.05, 4.69) is 27.3 Å². The van der Waals surface area contributed by atoms with Crippen molar-refractivity contribution >= 4 is 31.5 Å².